The second-order valence-electron chi connectivity index (χ2n) is 11.9. The standard InChI is InChI=1S/C22H25NO.C11H15F.C7H17N/c1-15-9-7-8-10-21(15)13-16(2)18(4)19(5)23-12-11-22(20(6)24)14-17(23)3;1-3-9(2)7-10-5-4-6-11(12)8-10;1-3-5-6-7(8)4-2/h7-14H,3H2,1-2,4-6H3;4-6,8-9H,3,7H2,1-2H3;7H,3-6,8H2,1-2H3/b16-13+,19-18+;;. The van der Waals surface area contributed by atoms with E-state index in [4.69, 9.17) is 5.73 Å². The molecule has 0 saturated carbocycles. The molecule has 0 amide bonds. The van der Waals surface area contributed by atoms with Gasteiger partial charge in [0.25, 0.3) is 0 Å². The molecule has 3 nitrogen and oxygen atoms in total. The van der Waals surface area contributed by atoms with Gasteiger partial charge in [0.05, 0.1) is 0 Å². The minimum absolute atomic E-state index is 0.0565. The van der Waals surface area contributed by atoms with E-state index in [0.29, 0.717) is 17.5 Å². The van der Waals surface area contributed by atoms with E-state index in [9.17, 15) is 9.18 Å². The summed E-state index contributed by atoms with van der Waals surface area (Å²) in [6.07, 6.45) is 14.8. The summed E-state index contributed by atoms with van der Waals surface area (Å²) in [5.74, 6) is 0.573. The number of Topliss-reactive ketones (excluding diaryl/α,β-unsaturated/α-hetero) is 1. The minimum atomic E-state index is -0.129. The van der Waals surface area contributed by atoms with Gasteiger partial charge in [-0.05, 0) is 112 Å². The van der Waals surface area contributed by atoms with E-state index in [2.05, 4.69) is 92.3 Å². The summed E-state index contributed by atoms with van der Waals surface area (Å²) in [6.45, 7) is 22.8. The molecule has 0 saturated heterocycles. The summed E-state index contributed by atoms with van der Waals surface area (Å²) in [5, 5.41) is 0. The smallest absolute Gasteiger partial charge is 0.159 e. The number of aryl methyl sites for hydroxylation is 1. The molecular formula is C40H57FN2O. The van der Waals surface area contributed by atoms with E-state index in [1.54, 1.807) is 19.1 Å². The molecule has 4 heteroatoms. The number of hydrogen-bond donors (Lipinski definition) is 1. The third-order valence-corrected chi connectivity index (χ3v) is 8.12. The molecule has 0 aromatic heterocycles. The van der Waals surface area contributed by atoms with Crippen molar-refractivity contribution in [1.29, 1.82) is 0 Å². The number of nitrogens with two attached hydrogens (primary N) is 1. The summed E-state index contributed by atoms with van der Waals surface area (Å²) >= 11 is 0. The third kappa shape index (κ3) is 13.9. The molecule has 44 heavy (non-hydrogen) atoms. The summed E-state index contributed by atoms with van der Waals surface area (Å²) in [5.41, 5.74) is 14.3. The Morgan fingerprint density at radius 3 is 2.25 bits per heavy atom. The number of unbranched alkanes of at least 4 members (excludes halogenated alkanes) is 1. The van der Waals surface area contributed by atoms with Gasteiger partial charge in [-0.25, -0.2) is 4.39 Å². The highest BCUT2D eigenvalue weighted by molar-refractivity contribution is 5.96. The molecule has 1 heterocycles. The first-order valence-corrected chi connectivity index (χ1v) is 16.1. The third-order valence-electron chi connectivity index (χ3n) is 8.12. The quantitative estimate of drug-likeness (QED) is 0.261. The Labute approximate surface area is 268 Å². The average molecular weight is 601 g/mol. The van der Waals surface area contributed by atoms with Crippen molar-refractivity contribution in [2.45, 2.75) is 107 Å². The van der Waals surface area contributed by atoms with Crippen LogP contribution >= 0.6 is 0 Å². The van der Waals surface area contributed by atoms with Crippen LogP contribution in [0.1, 0.15) is 104 Å². The van der Waals surface area contributed by atoms with Crippen LogP contribution in [0.2, 0.25) is 0 Å². The number of carbonyl (C=O) groups is 1. The largest absolute Gasteiger partial charge is 0.328 e. The molecule has 2 aromatic carbocycles. The van der Waals surface area contributed by atoms with Crippen LogP contribution in [0, 0.1) is 18.7 Å². The van der Waals surface area contributed by atoms with Crippen LogP contribution in [-0.2, 0) is 11.2 Å². The number of nitrogens with zero attached hydrogens (tertiary/aromatic N) is 1. The van der Waals surface area contributed by atoms with Crippen molar-refractivity contribution in [3.8, 4) is 0 Å². The van der Waals surface area contributed by atoms with E-state index in [0.717, 1.165) is 36.2 Å². The Kier molecular flexibility index (Phi) is 17.9. The van der Waals surface area contributed by atoms with Crippen molar-refractivity contribution in [2.24, 2.45) is 11.7 Å². The van der Waals surface area contributed by atoms with Crippen molar-refractivity contribution in [3.63, 3.8) is 0 Å². The Balaban J connectivity index is 0.000000400. The molecule has 1 aliphatic heterocycles. The molecule has 2 unspecified atom stereocenters. The zero-order valence-corrected chi connectivity index (χ0v) is 28.8. The maximum absolute atomic E-state index is 12.7. The van der Waals surface area contributed by atoms with Gasteiger partial charge in [-0.15, -0.1) is 0 Å². The Bertz CT molecular complexity index is 1330. The zero-order valence-electron chi connectivity index (χ0n) is 28.8. The van der Waals surface area contributed by atoms with E-state index in [1.165, 1.54) is 47.6 Å². The van der Waals surface area contributed by atoms with Crippen molar-refractivity contribution < 1.29 is 9.18 Å². The summed E-state index contributed by atoms with van der Waals surface area (Å²) in [7, 11) is 0. The number of ketones is 1. The molecule has 2 atom stereocenters. The molecule has 240 valence electrons. The number of rotatable bonds is 11. The lowest BCUT2D eigenvalue weighted by atomic mass is 9.99. The first-order valence-electron chi connectivity index (χ1n) is 16.1. The predicted octanol–water partition coefficient (Wildman–Crippen LogP) is 10.9. The van der Waals surface area contributed by atoms with Crippen molar-refractivity contribution in [2.75, 3.05) is 0 Å². The predicted molar refractivity (Wildman–Crippen MR) is 189 cm³/mol. The minimum Gasteiger partial charge on any atom is -0.328 e. The summed E-state index contributed by atoms with van der Waals surface area (Å²) in [4.78, 5) is 13.5. The number of benzene rings is 2. The summed E-state index contributed by atoms with van der Waals surface area (Å²) < 4.78 is 12.7. The fourth-order valence-electron chi connectivity index (χ4n) is 4.53. The lowest BCUT2D eigenvalue weighted by Gasteiger charge is -2.27. The first kappa shape index (κ1) is 38.5. The number of hydrogen-bond acceptors (Lipinski definition) is 3. The van der Waals surface area contributed by atoms with Gasteiger partial charge in [-0.1, -0.05) is 96.0 Å². The Morgan fingerprint density at radius 2 is 1.70 bits per heavy atom. The van der Waals surface area contributed by atoms with Gasteiger partial charge in [0.2, 0.25) is 0 Å². The van der Waals surface area contributed by atoms with Crippen LogP contribution in [-0.4, -0.2) is 16.7 Å². The van der Waals surface area contributed by atoms with Crippen LogP contribution in [0.5, 0.6) is 0 Å². The Morgan fingerprint density at radius 1 is 1.02 bits per heavy atom. The molecule has 1 aliphatic rings. The monoisotopic (exact) mass is 600 g/mol. The van der Waals surface area contributed by atoms with Crippen molar-refractivity contribution in [1.82, 2.24) is 4.90 Å². The van der Waals surface area contributed by atoms with E-state index in [1.807, 2.05) is 29.3 Å². The summed E-state index contributed by atoms with van der Waals surface area (Å²) in [6, 6.07) is 15.7. The molecular weight excluding hydrogens is 543 g/mol. The second-order valence-corrected chi connectivity index (χ2v) is 11.9. The molecule has 0 fully saturated rings. The van der Waals surface area contributed by atoms with Crippen molar-refractivity contribution in [3.05, 3.63) is 124 Å². The van der Waals surface area contributed by atoms with Gasteiger partial charge in [0.1, 0.15) is 5.82 Å². The van der Waals surface area contributed by atoms with Crippen LogP contribution in [0.4, 0.5) is 4.39 Å². The second kappa shape index (κ2) is 20.5. The molecule has 0 bridgehead atoms. The van der Waals surface area contributed by atoms with Crippen LogP contribution in [0.25, 0.3) is 6.08 Å². The van der Waals surface area contributed by atoms with Gasteiger partial charge in [-0.3, -0.25) is 4.79 Å². The van der Waals surface area contributed by atoms with Crippen molar-refractivity contribution >= 4 is 11.9 Å². The molecule has 0 radical (unpaired) electrons. The molecule has 3 rings (SSSR count). The topological polar surface area (TPSA) is 46.3 Å². The SMILES string of the molecule is C=C1C=C(C(C)=O)C=CN1/C(C)=C(C)/C(C)=C/c1ccccc1C.CCC(C)Cc1cccc(F)c1.CCCCC(N)CC. The van der Waals surface area contributed by atoms with Crippen LogP contribution < -0.4 is 5.73 Å². The van der Waals surface area contributed by atoms with E-state index >= 15 is 0 Å². The lowest BCUT2D eigenvalue weighted by molar-refractivity contribution is -0.113. The van der Waals surface area contributed by atoms with Crippen LogP contribution in [0.15, 0.2) is 102 Å². The first-order chi connectivity index (χ1) is 20.8. The fourth-order valence-corrected chi connectivity index (χ4v) is 4.53. The number of halogens is 1. The zero-order chi connectivity index (χ0) is 33.2. The lowest BCUT2D eigenvalue weighted by Crippen LogP contribution is -2.18. The molecule has 0 aliphatic carbocycles. The van der Waals surface area contributed by atoms with E-state index in [-0.39, 0.29) is 11.6 Å². The molecule has 2 N–H and O–H groups in total. The van der Waals surface area contributed by atoms with Gasteiger partial charge in [-0.2, -0.15) is 0 Å². The average Bonchev–Trinajstić information content (AvgIpc) is 3.00. The highest BCUT2D eigenvalue weighted by atomic mass is 19.1. The van der Waals surface area contributed by atoms with Gasteiger partial charge in [0.15, 0.2) is 5.78 Å². The van der Waals surface area contributed by atoms with Crippen LogP contribution in [0.3, 0.4) is 0 Å². The Hall–Kier alpha value is -3.50. The van der Waals surface area contributed by atoms with Gasteiger partial charge < -0.3 is 10.6 Å². The molecule has 2 aromatic rings. The maximum atomic E-state index is 12.7. The fraction of sp³-hybridized carbons (Fsp3) is 0.425. The highest BCUT2D eigenvalue weighted by Crippen LogP contribution is 2.26. The highest BCUT2D eigenvalue weighted by Gasteiger charge is 2.15. The molecule has 0 spiro atoms. The van der Waals surface area contributed by atoms with Gasteiger partial charge in [0, 0.05) is 29.2 Å². The number of allylic oxidation sites excluding steroid dienone is 6. The van der Waals surface area contributed by atoms with E-state index < -0.39 is 0 Å². The normalized spacial score (nSPS) is 14.8. The maximum Gasteiger partial charge on any atom is 0.159 e. The van der Waals surface area contributed by atoms with Gasteiger partial charge >= 0.3 is 0 Å². The number of carbonyl (C=O) groups excluding carboxylic acids is 1.